The van der Waals surface area contributed by atoms with Crippen molar-refractivity contribution < 1.29 is 18.7 Å². The second-order valence-electron chi connectivity index (χ2n) is 4.96. The lowest BCUT2D eigenvalue weighted by Gasteiger charge is -2.17. The molecule has 1 amide bonds. The highest BCUT2D eigenvalue weighted by molar-refractivity contribution is 5.96. The number of hydrogen-bond acceptors (Lipinski definition) is 3. The molecule has 0 fully saturated rings. The van der Waals surface area contributed by atoms with Crippen molar-refractivity contribution in [3.05, 3.63) is 58.7 Å². The lowest BCUT2D eigenvalue weighted by Crippen LogP contribution is -2.35. The summed E-state index contributed by atoms with van der Waals surface area (Å²) in [5.41, 5.74) is 1.96. The summed E-state index contributed by atoms with van der Waals surface area (Å²) in [6, 6.07) is 6.36. The van der Waals surface area contributed by atoms with E-state index in [1.807, 2.05) is 13.0 Å². The molecule has 1 atom stereocenters. The Kier molecular flexibility index (Phi) is 4.60. The van der Waals surface area contributed by atoms with Gasteiger partial charge in [0.2, 0.25) is 0 Å². The van der Waals surface area contributed by atoms with Crippen molar-refractivity contribution >= 4 is 11.9 Å². The molecule has 0 saturated carbocycles. The number of methoxy groups -OCH3 is 1. The van der Waals surface area contributed by atoms with Gasteiger partial charge in [0.15, 0.2) is 6.04 Å². The molecular weight excluding hydrogens is 287 g/mol. The predicted octanol–water partition coefficient (Wildman–Crippen LogP) is 2.41. The van der Waals surface area contributed by atoms with E-state index in [9.17, 15) is 14.0 Å². The molecule has 1 heterocycles. The quantitative estimate of drug-likeness (QED) is 0.852. The number of H-pyrrole nitrogens is 1. The molecule has 0 spiro atoms. The zero-order valence-corrected chi connectivity index (χ0v) is 12.6. The highest BCUT2D eigenvalue weighted by Crippen LogP contribution is 2.19. The molecule has 2 rings (SSSR count). The second kappa shape index (κ2) is 6.43. The summed E-state index contributed by atoms with van der Waals surface area (Å²) in [6.07, 6.45) is 0. The van der Waals surface area contributed by atoms with Crippen molar-refractivity contribution in [1.82, 2.24) is 10.3 Å². The summed E-state index contributed by atoms with van der Waals surface area (Å²) in [5, 5.41) is 2.51. The van der Waals surface area contributed by atoms with Crippen LogP contribution in [0, 0.1) is 19.7 Å². The smallest absolute Gasteiger partial charge is 0.333 e. The number of esters is 1. The number of rotatable bonds is 4. The third-order valence-corrected chi connectivity index (χ3v) is 3.31. The van der Waals surface area contributed by atoms with Crippen LogP contribution in [0.3, 0.4) is 0 Å². The summed E-state index contributed by atoms with van der Waals surface area (Å²) >= 11 is 0. The van der Waals surface area contributed by atoms with Crippen LogP contribution >= 0.6 is 0 Å². The van der Waals surface area contributed by atoms with Gasteiger partial charge in [-0.15, -0.1) is 0 Å². The van der Waals surface area contributed by atoms with E-state index in [-0.39, 0.29) is 5.56 Å². The molecule has 116 valence electrons. The molecule has 2 N–H and O–H groups in total. The molecule has 22 heavy (non-hydrogen) atoms. The van der Waals surface area contributed by atoms with Crippen LogP contribution in [0.5, 0.6) is 0 Å². The van der Waals surface area contributed by atoms with Gasteiger partial charge in [-0.05, 0) is 31.5 Å². The molecule has 0 radical (unpaired) electrons. The van der Waals surface area contributed by atoms with Crippen LogP contribution in [0.2, 0.25) is 0 Å². The number of aryl methyl sites for hydroxylation is 2. The van der Waals surface area contributed by atoms with Gasteiger partial charge in [-0.2, -0.15) is 0 Å². The standard InChI is InChI=1S/C16H17FN2O3/c1-9-8-10(2)18-13(9)15(20)19-14(16(21)22-3)11-6-4-5-7-12(11)17/h4-8,14,18H,1-3H3,(H,19,20). The maximum absolute atomic E-state index is 13.9. The number of hydrogen-bond donors (Lipinski definition) is 2. The van der Waals surface area contributed by atoms with Crippen LogP contribution < -0.4 is 5.32 Å². The fraction of sp³-hybridized carbons (Fsp3) is 0.250. The lowest BCUT2D eigenvalue weighted by molar-refractivity contribution is -0.143. The fourth-order valence-electron chi connectivity index (χ4n) is 2.26. The minimum absolute atomic E-state index is 0.0589. The van der Waals surface area contributed by atoms with Gasteiger partial charge in [-0.25, -0.2) is 9.18 Å². The maximum atomic E-state index is 13.9. The number of halogens is 1. The fourth-order valence-corrected chi connectivity index (χ4v) is 2.26. The summed E-state index contributed by atoms with van der Waals surface area (Å²) in [7, 11) is 1.19. The molecular formula is C16H17FN2O3. The largest absolute Gasteiger partial charge is 0.467 e. The number of nitrogens with one attached hydrogen (secondary N) is 2. The minimum Gasteiger partial charge on any atom is -0.467 e. The van der Waals surface area contributed by atoms with Crippen molar-refractivity contribution in [3.8, 4) is 0 Å². The van der Waals surface area contributed by atoms with Crippen molar-refractivity contribution in [3.63, 3.8) is 0 Å². The number of benzene rings is 1. The van der Waals surface area contributed by atoms with E-state index < -0.39 is 23.7 Å². The highest BCUT2D eigenvalue weighted by atomic mass is 19.1. The van der Waals surface area contributed by atoms with Gasteiger partial charge in [-0.1, -0.05) is 18.2 Å². The maximum Gasteiger partial charge on any atom is 0.333 e. The van der Waals surface area contributed by atoms with Crippen molar-refractivity contribution in [2.45, 2.75) is 19.9 Å². The zero-order chi connectivity index (χ0) is 16.3. The van der Waals surface area contributed by atoms with E-state index in [1.165, 1.54) is 25.3 Å². The normalized spacial score (nSPS) is 11.8. The van der Waals surface area contributed by atoms with Gasteiger partial charge in [0, 0.05) is 11.3 Å². The third-order valence-electron chi connectivity index (χ3n) is 3.31. The number of carbonyl (C=O) groups excluding carboxylic acids is 2. The first-order valence-corrected chi connectivity index (χ1v) is 6.73. The summed E-state index contributed by atoms with van der Waals surface area (Å²) in [4.78, 5) is 27.1. The van der Waals surface area contributed by atoms with Crippen LogP contribution in [0.4, 0.5) is 4.39 Å². The first kappa shape index (κ1) is 15.8. The Morgan fingerprint density at radius 2 is 1.95 bits per heavy atom. The molecule has 0 saturated heterocycles. The number of amides is 1. The van der Waals surface area contributed by atoms with Gasteiger partial charge in [0.1, 0.15) is 11.5 Å². The number of carbonyl (C=O) groups is 2. The average Bonchev–Trinajstić information content (AvgIpc) is 2.83. The van der Waals surface area contributed by atoms with Crippen molar-refractivity contribution in [1.29, 1.82) is 0 Å². The Hall–Kier alpha value is -2.63. The van der Waals surface area contributed by atoms with E-state index in [0.29, 0.717) is 5.69 Å². The van der Waals surface area contributed by atoms with Crippen LogP contribution in [-0.4, -0.2) is 24.0 Å². The SMILES string of the molecule is COC(=O)C(NC(=O)c1[nH]c(C)cc1C)c1ccccc1F. The van der Waals surface area contributed by atoms with Crippen molar-refractivity contribution in [2.24, 2.45) is 0 Å². The topological polar surface area (TPSA) is 71.2 Å². The Labute approximate surface area is 127 Å². The summed E-state index contributed by atoms with van der Waals surface area (Å²) in [6.45, 7) is 3.59. The first-order chi connectivity index (χ1) is 10.4. The monoisotopic (exact) mass is 304 g/mol. The molecule has 0 aliphatic heterocycles. The molecule has 1 aromatic heterocycles. The molecule has 0 aliphatic carbocycles. The average molecular weight is 304 g/mol. The molecule has 5 nitrogen and oxygen atoms in total. The zero-order valence-electron chi connectivity index (χ0n) is 12.6. The predicted molar refractivity (Wildman–Crippen MR) is 78.9 cm³/mol. The van der Waals surface area contributed by atoms with Gasteiger partial charge >= 0.3 is 5.97 Å². The van der Waals surface area contributed by atoms with Gasteiger partial charge in [0.05, 0.1) is 7.11 Å². The van der Waals surface area contributed by atoms with Crippen LogP contribution in [0.15, 0.2) is 30.3 Å². The molecule has 0 bridgehead atoms. The number of aromatic amines is 1. The van der Waals surface area contributed by atoms with E-state index in [1.54, 1.807) is 13.0 Å². The van der Waals surface area contributed by atoms with Crippen LogP contribution in [-0.2, 0) is 9.53 Å². The van der Waals surface area contributed by atoms with E-state index in [0.717, 1.165) is 11.3 Å². The molecule has 2 aromatic rings. The third kappa shape index (κ3) is 3.16. The van der Waals surface area contributed by atoms with Crippen LogP contribution in [0.1, 0.15) is 33.4 Å². The van der Waals surface area contributed by atoms with Crippen molar-refractivity contribution in [2.75, 3.05) is 7.11 Å². The number of aromatic nitrogens is 1. The first-order valence-electron chi connectivity index (χ1n) is 6.73. The van der Waals surface area contributed by atoms with Gasteiger partial charge in [0.25, 0.3) is 5.91 Å². The van der Waals surface area contributed by atoms with E-state index in [4.69, 9.17) is 0 Å². The number of ether oxygens (including phenoxy) is 1. The van der Waals surface area contributed by atoms with Gasteiger partial charge < -0.3 is 15.0 Å². The Morgan fingerprint density at radius 3 is 2.50 bits per heavy atom. The second-order valence-corrected chi connectivity index (χ2v) is 4.96. The van der Waals surface area contributed by atoms with Crippen LogP contribution in [0.25, 0.3) is 0 Å². The minimum atomic E-state index is -1.21. The molecule has 0 aliphatic rings. The molecule has 1 aromatic carbocycles. The molecule has 1 unspecified atom stereocenters. The summed E-state index contributed by atoms with van der Waals surface area (Å²) in [5.74, 6) is -1.82. The van der Waals surface area contributed by atoms with E-state index >= 15 is 0 Å². The lowest BCUT2D eigenvalue weighted by atomic mass is 10.1. The highest BCUT2D eigenvalue weighted by Gasteiger charge is 2.27. The Morgan fingerprint density at radius 1 is 1.27 bits per heavy atom. The van der Waals surface area contributed by atoms with Gasteiger partial charge in [-0.3, -0.25) is 4.79 Å². The Bertz CT molecular complexity index is 709. The molecule has 6 heteroatoms. The van der Waals surface area contributed by atoms with E-state index in [2.05, 4.69) is 15.0 Å². The Balaban J connectivity index is 2.32. The summed E-state index contributed by atoms with van der Waals surface area (Å²) < 4.78 is 18.6.